The normalized spacial score (nSPS) is 10.1. The third kappa shape index (κ3) is 3.10. The summed E-state index contributed by atoms with van der Waals surface area (Å²) in [6.07, 6.45) is 2.84. The van der Waals surface area contributed by atoms with Gasteiger partial charge < -0.3 is 15.2 Å². The highest BCUT2D eigenvalue weighted by atomic mass is 16.6. The summed E-state index contributed by atoms with van der Waals surface area (Å²) in [7, 11) is 1.43. The van der Waals surface area contributed by atoms with Crippen LogP contribution in [0.2, 0.25) is 0 Å². The van der Waals surface area contributed by atoms with Gasteiger partial charge in [0.25, 0.3) is 0 Å². The lowest BCUT2D eigenvalue weighted by Crippen LogP contribution is -2.02. The smallest absolute Gasteiger partial charge is 0.314 e. The van der Waals surface area contributed by atoms with Gasteiger partial charge in [0.05, 0.1) is 36.2 Å². The van der Waals surface area contributed by atoms with Crippen LogP contribution in [0.4, 0.5) is 11.5 Å². The molecule has 0 radical (unpaired) electrons. The number of nitro groups is 1. The number of hydrogen-bond acceptors (Lipinski definition) is 7. The monoisotopic (exact) mass is 276 g/mol. The molecule has 0 saturated carbocycles. The Kier molecular flexibility index (Phi) is 3.94. The van der Waals surface area contributed by atoms with Gasteiger partial charge in [-0.05, 0) is 12.1 Å². The fraction of sp³-hybridized carbons (Fsp3) is 0.167. The molecule has 2 rings (SSSR count). The van der Waals surface area contributed by atoms with Crippen LogP contribution in [0.5, 0.6) is 11.5 Å². The van der Waals surface area contributed by atoms with Crippen molar-refractivity contribution in [3.8, 4) is 11.5 Å². The van der Waals surface area contributed by atoms with Crippen LogP contribution in [0.3, 0.4) is 0 Å². The Morgan fingerprint density at radius 2 is 2.15 bits per heavy atom. The molecule has 0 aliphatic carbocycles. The second-order valence-electron chi connectivity index (χ2n) is 3.81. The molecule has 0 aliphatic heterocycles. The number of anilines is 1. The standard InChI is InChI=1S/C12H12N4O4/c1-19-9-2-3-11(10(4-9)16(17)18)20-7-8-5-15-12(13)6-14-8/h2-6H,7H2,1H3,(H2,13,15). The summed E-state index contributed by atoms with van der Waals surface area (Å²) in [5, 5.41) is 11.0. The minimum Gasteiger partial charge on any atom is -0.496 e. The highest BCUT2D eigenvalue weighted by molar-refractivity contribution is 5.50. The zero-order valence-electron chi connectivity index (χ0n) is 10.6. The fourth-order valence-corrected chi connectivity index (χ4v) is 1.48. The molecule has 0 spiro atoms. The molecule has 0 atom stereocenters. The van der Waals surface area contributed by atoms with Crippen LogP contribution in [0, 0.1) is 10.1 Å². The van der Waals surface area contributed by atoms with E-state index in [0.717, 1.165) is 0 Å². The second kappa shape index (κ2) is 5.83. The number of nitro benzene ring substituents is 1. The van der Waals surface area contributed by atoms with Crippen molar-refractivity contribution >= 4 is 11.5 Å². The highest BCUT2D eigenvalue weighted by Crippen LogP contribution is 2.31. The molecule has 2 aromatic rings. The number of nitrogens with two attached hydrogens (primary N) is 1. The van der Waals surface area contributed by atoms with Crippen LogP contribution in [0.25, 0.3) is 0 Å². The van der Waals surface area contributed by atoms with Gasteiger partial charge in [0.15, 0.2) is 5.75 Å². The van der Waals surface area contributed by atoms with Crippen LogP contribution < -0.4 is 15.2 Å². The quantitative estimate of drug-likeness (QED) is 0.651. The first-order chi connectivity index (χ1) is 9.60. The van der Waals surface area contributed by atoms with Gasteiger partial charge in [-0.15, -0.1) is 0 Å². The number of methoxy groups -OCH3 is 1. The Morgan fingerprint density at radius 3 is 2.75 bits per heavy atom. The number of benzene rings is 1. The van der Waals surface area contributed by atoms with E-state index in [-0.39, 0.29) is 18.0 Å². The van der Waals surface area contributed by atoms with Gasteiger partial charge in [-0.25, -0.2) is 4.98 Å². The first kappa shape index (κ1) is 13.5. The van der Waals surface area contributed by atoms with Crippen molar-refractivity contribution in [2.45, 2.75) is 6.61 Å². The van der Waals surface area contributed by atoms with Crippen LogP contribution in [-0.2, 0) is 6.61 Å². The maximum atomic E-state index is 11.0. The predicted octanol–water partition coefficient (Wildman–Crippen LogP) is 1.55. The summed E-state index contributed by atoms with van der Waals surface area (Å²) < 4.78 is 10.3. The molecule has 2 N–H and O–H groups in total. The van der Waals surface area contributed by atoms with Crippen molar-refractivity contribution in [3.05, 3.63) is 46.4 Å². The highest BCUT2D eigenvalue weighted by Gasteiger charge is 2.16. The first-order valence-corrected chi connectivity index (χ1v) is 5.62. The van der Waals surface area contributed by atoms with Gasteiger partial charge in [-0.2, -0.15) is 0 Å². The first-order valence-electron chi connectivity index (χ1n) is 5.62. The molecule has 104 valence electrons. The molecular formula is C12H12N4O4. The van der Waals surface area contributed by atoms with Crippen LogP contribution in [0.1, 0.15) is 5.69 Å². The molecule has 0 aliphatic rings. The minimum absolute atomic E-state index is 0.0560. The lowest BCUT2D eigenvalue weighted by Gasteiger charge is -2.07. The fourth-order valence-electron chi connectivity index (χ4n) is 1.48. The molecule has 0 amide bonds. The number of aromatic nitrogens is 2. The van der Waals surface area contributed by atoms with E-state index in [0.29, 0.717) is 17.3 Å². The number of ether oxygens (including phenoxy) is 2. The molecule has 0 fully saturated rings. The third-order valence-electron chi connectivity index (χ3n) is 2.46. The van der Waals surface area contributed by atoms with Crippen LogP contribution in [0.15, 0.2) is 30.6 Å². The molecule has 8 nitrogen and oxygen atoms in total. The molecule has 0 bridgehead atoms. The molecular weight excluding hydrogens is 264 g/mol. The van der Waals surface area contributed by atoms with E-state index in [2.05, 4.69) is 9.97 Å². The van der Waals surface area contributed by atoms with Gasteiger partial charge in [0.2, 0.25) is 0 Å². The Hall–Kier alpha value is -2.90. The Labute approximate surface area is 114 Å². The summed E-state index contributed by atoms with van der Waals surface area (Å²) in [4.78, 5) is 18.3. The van der Waals surface area contributed by atoms with Crippen molar-refractivity contribution in [1.29, 1.82) is 0 Å². The number of nitrogen functional groups attached to an aromatic ring is 1. The number of rotatable bonds is 5. The summed E-state index contributed by atoms with van der Waals surface area (Å²) in [5.41, 5.74) is 5.76. The second-order valence-corrected chi connectivity index (χ2v) is 3.81. The van der Waals surface area contributed by atoms with Crippen LogP contribution >= 0.6 is 0 Å². The average molecular weight is 276 g/mol. The summed E-state index contributed by atoms with van der Waals surface area (Å²) >= 11 is 0. The molecule has 1 aromatic heterocycles. The lowest BCUT2D eigenvalue weighted by molar-refractivity contribution is -0.386. The van der Waals surface area contributed by atoms with Crippen molar-refractivity contribution < 1.29 is 14.4 Å². The maximum absolute atomic E-state index is 11.0. The summed E-state index contributed by atoms with van der Waals surface area (Å²) in [5.74, 6) is 0.815. The molecule has 20 heavy (non-hydrogen) atoms. The molecule has 1 aromatic carbocycles. The zero-order valence-corrected chi connectivity index (χ0v) is 10.6. The molecule has 1 heterocycles. The summed E-state index contributed by atoms with van der Waals surface area (Å²) in [6, 6.07) is 4.35. The molecule has 0 saturated heterocycles. The summed E-state index contributed by atoms with van der Waals surface area (Å²) in [6.45, 7) is 0.0560. The number of nitrogens with zero attached hydrogens (tertiary/aromatic N) is 3. The van der Waals surface area contributed by atoms with E-state index in [1.54, 1.807) is 6.07 Å². The van der Waals surface area contributed by atoms with Crippen molar-refractivity contribution in [3.63, 3.8) is 0 Å². The van der Waals surface area contributed by atoms with Gasteiger partial charge in [-0.3, -0.25) is 15.1 Å². The third-order valence-corrected chi connectivity index (χ3v) is 2.46. The van der Waals surface area contributed by atoms with Crippen LogP contribution in [-0.4, -0.2) is 22.0 Å². The van der Waals surface area contributed by atoms with E-state index < -0.39 is 4.92 Å². The van der Waals surface area contributed by atoms with Gasteiger partial charge in [0, 0.05) is 0 Å². The molecule has 8 heteroatoms. The van der Waals surface area contributed by atoms with Gasteiger partial charge in [-0.1, -0.05) is 0 Å². The minimum atomic E-state index is -0.535. The topological polar surface area (TPSA) is 113 Å². The average Bonchev–Trinajstić information content (AvgIpc) is 2.46. The van der Waals surface area contributed by atoms with E-state index in [4.69, 9.17) is 15.2 Å². The van der Waals surface area contributed by atoms with Gasteiger partial charge in [0.1, 0.15) is 18.2 Å². The van der Waals surface area contributed by atoms with E-state index >= 15 is 0 Å². The van der Waals surface area contributed by atoms with E-state index in [9.17, 15) is 10.1 Å². The predicted molar refractivity (Wildman–Crippen MR) is 70.4 cm³/mol. The molecule has 0 unspecified atom stereocenters. The largest absolute Gasteiger partial charge is 0.496 e. The van der Waals surface area contributed by atoms with Crippen molar-refractivity contribution in [2.24, 2.45) is 0 Å². The van der Waals surface area contributed by atoms with Crippen molar-refractivity contribution in [2.75, 3.05) is 12.8 Å². The zero-order chi connectivity index (χ0) is 14.5. The van der Waals surface area contributed by atoms with Gasteiger partial charge >= 0.3 is 5.69 Å². The Bertz CT molecular complexity index is 615. The number of hydrogen-bond donors (Lipinski definition) is 1. The van der Waals surface area contributed by atoms with E-state index in [1.165, 1.54) is 31.6 Å². The maximum Gasteiger partial charge on any atom is 0.314 e. The van der Waals surface area contributed by atoms with E-state index in [1.807, 2.05) is 0 Å². The Morgan fingerprint density at radius 1 is 1.35 bits per heavy atom. The SMILES string of the molecule is COc1ccc(OCc2cnc(N)cn2)c([N+](=O)[O-])c1. The van der Waals surface area contributed by atoms with Crippen molar-refractivity contribution in [1.82, 2.24) is 9.97 Å². The lowest BCUT2D eigenvalue weighted by atomic mass is 10.3. The Balaban J connectivity index is 2.16.